The van der Waals surface area contributed by atoms with Gasteiger partial charge >= 0.3 is 19.8 Å². The van der Waals surface area contributed by atoms with Gasteiger partial charge in [-0.15, -0.1) is 0 Å². The van der Waals surface area contributed by atoms with Gasteiger partial charge in [-0.2, -0.15) is 0 Å². The molecule has 1 atom stereocenters. The molecule has 0 amide bonds. The number of hydrogen-bond acceptors (Lipinski definition) is 6. The maximum Gasteiger partial charge on any atom is 0.469 e. The van der Waals surface area contributed by atoms with Crippen LogP contribution in [0, 0.1) is 0 Å². The third-order valence-electron chi connectivity index (χ3n) is 8.50. The fraction of sp³-hybridized carbons (Fsp3) is 0.682. The van der Waals surface area contributed by atoms with E-state index in [1.807, 2.05) is 12.2 Å². The first-order chi connectivity index (χ1) is 25.8. The van der Waals surface area contributed by atoms with Crippen molar-refractivity contribution in [2.75, 3.05) is 13.2 Å². The number of hydrogen-bond donors (Lipinski definition) is 2. The number of ether oxygens (including phenoxy) is 2. The second-order valence-electron chi connectivity index (χ2n) is 13.6. The topological polar surface area (TPSA) is 119 Å². The molecule has 9 heteroatoms. The number of carbonyl (C=O) groups excluding carboxylic acids is 2. The van der Waals surface area contributed by atoms with E-state index >= 15 is 0 Å². The van der Waals surface area contributed by atoms with Gasteiger partial charge in [0.2, 0.25) is 0 Å². The minimum absolute atomic E-state index is 0.140. The van der Waals surface area contributed by atoms with Crippen LogP contribution in [0.15, 0.2) is 72.9 Å². The third kappa shape index (κ3) is 42.1. The van der Waals surface area contributed by atoms with Gasteiger partial charge in [-0.25, -0.2) is 4.57 Å². The molecule has 0 aliphatic carbocycles. The molecule has 2 N–H and O–H groups in total. The van der Waals surface area contributed by atoms with Crippen molar-refractivity contribution in [2.45, 2.75) is 180 Å². The van der Waals surface area contributed by atoms with Crippen LogP contribution in [0.5, 0.6) is 0 Å². The summed E-state index contributed by atoms with van der Waals surface area (Å²) in [6.45, 7) is 3.51. The Labute approximate surface area is 323 Å². The molecule has 0 aromatic heterocycles. The summed E-state index contributed by atoms with van der Waals surface area (Å²) in [5, 5.41) is 0. The molecule has 0 rings (SSSR count). The van der Waals surface area contributed by atoms with E-state index in [1.54, 1.807) is 0 Å². The molecule has 0 radical (unpaired) electrons. The maximum atomic E-state index is 12.4. The van der Waals surface area contributed by atoms with Gasteiger partial charge in [0.25, 0.3) is 0 Å². The molecule has 0 unspecified atom stereocenters. The molecule has 8 nitrogen and oxygen atoms in total. The summed E-state index contributed by atoms with van der Waals surface area (Å²) in [5.41, 5.74) is 0. The summed E-state index contributed by atoms with van der Waals surface area (Å²) in [4.78, 5) is 42.8. The quantitative estimate of drug-likeness (QED) is 0.0278. The molecule has 0 aromatic rings. The van der Waals surface area contributed by atoms with E-state index in [4.69, 9.17) is 19.3 Å². The van der Waals surface area contributed by atoms with Crippen molar-refractivity contribution in [3.05, 3.63) is 72.9 Å². The normalized spacial score (nSPS) is 13.2. The van der Waals surface area contributed by atoms with Crippen molar-refractivity contribution in [2.24, 2.45) is 0 Å². The van der Waals surface area contributed by atoms with Crippen molar-refractivity contribution in [3.8, 4) is 0 Å². The molecule has 0 saturated heterocycles. The van der Waals surface area contributed by atoms with Crippen molar-refractivity contribution < 1.29 is 37.9 Å². The van der Waals surface area contributed by atoms with E-state index in [1.165, 1.54) is 77.0 Å². The maximum absolute atomic E-state index is 12.4. The van der Waals surface area contributed by atoms with E-state index in [0.29, 0.717) is 12.8 Å². The molecule has 0 saturated carbocycles. The van der Waals surface area contributed by atoms with Crippen molar-refractivity contribution in [1.29, 1.82) is 0 Å². The first-order valence-electron chi connectivity index (χ1n) is 20.7. The van der Waals surface area contributed by atoms with E-state index in [9.17, 15) is 14.2 Å². The highest BCUT2D eigenvalue weighted by Gasteiger charge is 2.22. The van der Waals surface area contributed by atoms with Crippen LogP contribution < -0.4 is 0 Å². The number of unbranched alkanes of at least 4 members (excludes halogenated alkanes) is 15. The second-order valence-corrected chi connectivity index (χ2v) is 14.8. The van der Waals surface area contributed by atoms with Crippen LogP contribution in [0.3, 0.4) is 0 Å². The lowest BCUT2D eigenvalue weighted by molar-refractivity contribution is -0.161. The molecule has 0 heterocycles. The fourth-order valence-electron chi connectivity index (χ4n) is 5.46. The lowest BCUT2D eigenvalue weighted by atomic mass is 10.0. The van der Waals surface area contributed by atoms with Gasteiger partial charge in [-0.3, -0.25) is 14.1 Å². The minimum atomic E-state index is -4.77. The lowest BCUT2D eigenvalue weighted by Crippen LogP contribution is -2.29. The Morgan fingerprint density at radius 2 is 0.906 bits per heavy atom. The van der Waals surface area contributed by atoms with Crippen LogP contribution in [0.25, 0.3) is 0 Å². The van der Waals surface area contributed by atoms with Gasteiger partial charge in [0, 0.05) is 12.8 Å². The largest absolute Gasteiger partial charge is 0.469 e. The summed E-state index contributed by atoms with van der Waals surface area (Å²) < 4.78 is 26.3. The van der Waals surface area contributed by atoms with Crippen molar-refractivity contribution >= 4 is 19.8 Å². The summed E-state index contributed by atoms with van der Waals surface area (Å²) in [6.07, 6.45) is 50.6. The van der Waals surface area contributed by atoms with Crippen molar-refractivity contribution in [3.63, 3.8) is 0 Å². The molecule has 0 fully saturated rings. The molecule has 0 aliphatic heterocycles. The summed E-state index contributed by atoms with van der Waals surface area (Å²) in [5.74, 6) is -0.983. The Morgan fingerprint density at radius 1 is 0.509 bits per heavy atom. The van der Waals surface area contributed by atoms with E-state index in [2.05, 4.69) is 79.1 Å². The number of phosphoric acid groups is 1. The molecule has 0 spiro atoms. The van der Waals surface area contributed by atoms with Crippen molar-refractivity contribution in [1.82, 2.24) is 0 Å². The highest BCUT2D eigenvalue weighted by molar-refractivity contribution is 7.46. The van der Waals surface area contributed by atoms with Gasteiger partial charge in [0.15, 0.2) is 6.10 Å². The first kappa shape index (κ1) is 50.5. The van der Waals surface area contributed by atoms with Crippen LogP contribution in [-0.4, -0.2) is 41.0 Å². The SMILES string of the molecule is CC/C=C\C/C=C\C/C=C\C/C=C\C/C=C\C/C=C\CCC(=O)OC[C@H](COP(=O)(O)O)OC(=O)CCCCCCCCCCCCCCCCCC. The van der Waals surface area contributed by atoms with Gasteiger partial charge in [-0.05, 0) is 51.4 Å². The Kier molecular flexibility index (Phi) is 37.3. The highest BCUT2D eigenvalue weighted by Crippen LogP contribution is 2.36. The van der Waals surface area contributed by atoms with Gasteiger partial charge in [0.1, 0.15) is 6.61 Å². The van der Waals surface area contributed by atoms with E-state index < -0.39 is 32.5 Å². The predicted octanol–water partition coefficient (Wildman–Crippen LogP) is 12.7. The Morgan fingerprint density at radius 3 is 1.32 bits per heavy atom. The average Bonchev–Trinajstić information content (AvgIpc) is 3.13. The lowest BCUT2D eigenvalue weighted by Gasteiger charge is -2.18. The second kappa shape index (κ2) is 39.2. The Hall–Kier alpha value is -2.51. The fourth-order valence-corrected chi connectivity index (χ4v) is 5.82. The van der Waals surface area contributed by atoms with Gasteiger partial charge in [-0.1, -0.05) is 183 Å². The molecule has 0 aliphatic rings. The van der Waals surface area contributed by atoms with Gasteiger partial charge < -0.3 is 19.3 Å². The minimum Gasteiger partial charge on any atom is -0.462 e. The van der Waals surface area contributed by atoms with E-state index in [0.717, 1.165) is 57.8 Å². The monoisotopic (exact) mass is 763 g/mol. The molecular formula is C44H75O8P. The van der Waals surface area contributed by atoms with Crippen LogP contribution >= 0.6 is 7.82 Å². The number of esters is 2. The zero-order chi connectivity index (χ0) is 38.9. The molecule has 53 heavy (non-hydrogen) atoms. The van der Waals surface area contributed by atoms with E-state index in [-0.39, 0.29) is 19.4 Å². The smallest absolute Gasteiger partial charge is 0.462 e. The summed E-state index contributed by atoms with van der Waals surface area (Å²) >= 11 is 0. The number of allylic oxidation sites excluding steroid dienone is 12. The number of rotatable bonds is 37. The Balaban J connectivity index is 4.05. The third-order valence-corrected chi connectivity index (χ3v) is 8.99. The summed E-state index contributed by atoms with van der Waals surface area (Å²) in [6, 6.07) is 0. The average molecular weight is 763 g/mol. The zero-order valence-corrected chi connectivity index (χ0v) is 34.3. The van der Waals surface area contributed by atoms with Crippen LogP contribution in [-0.2, 0) is 28.2 Å². The van der Waals surface area contributed by atoms with Crippen LogP contribution in [0.4, 0.5) is 0 Å². The van der Waals surface area contributed by atoms with Crippen LogP contribution in [0.2, 0.25) is 0 Å². The Bertz CT molecular complexity index is 1080. The molecule has 0 bridgehead atoms. The summed E-state index contributed by atoms with van der Waals surface area (Å²) in [7, 11) is -4.77. The highest BCUT2D eigenvalue weighted by atomic mass is 31.2. The molecule has 304 valence electrons. The predicted molar refractivity (Wildman–Crippen MR) is 220 cm³/mol. The standard InChI is InChI=1S/C44H75O8P/c1-3-5-7-9-11-13-15-17-19-21-22-23-25-26-28-30-32-34-36-38-43(45)50-40-42(41-51-53(47,48)49)52-44(46)39-37-35-33-31-29-27-24-20-18-16-14-12-10-8-6-4-2/h5,7,11,13,17,19,22-23,26,28,32,34,42H,3-4,6,8-10,12,14-16,18,20-21,24-25,27,29-31,33,35-41H2,1-2H3,(H2,47,48,49)/b7-5-,13-11-,19-17-,23-22-,28-26-,34-32-/t42-/m1/s1. The number of carbonyl (C=O) groups is 2. The molecule has 0 aromatic carbocycles. The molecular weight excluding hydrogens is 687 g/mol. The zero-order valence-electron chi connectivity index (χ0n) is 33.4. The first-order valence-corrected chi connectivity index (χ1v) is 22.3. The number of phosphoric ester groups is 1. The van der Waals surface area contributed by atoms with Gasteiger partial charge in [0.05, 0.1) is 6.61 Å². The van der Waals surface area contributed by atoms with Crippen LogP contribution in [0.1, 0.15) is 174 Å².